The van der Waals surface area contributed by atoms with E-state index in [-0.39, 0.29) is 23.6 Å². The number of hydrogen-bond donors (Lipinski definition) is 0. The molecule has 3 rings (SSSR count). The van der Waals surface area contributed by atoms with Crippen molar-refractivity contribution < 1.29 is 26.0 Å². The number of anilines is 1. The fraction of sp³-hybridized carbons (Fsp3) is 0.176. The molecule has 3 aromatic rings. The van der Waals surface area contributed by atoms with Gasteiger partial charge >= 0.3 is 6.43 Å². The molecule has 148 valence electrons. The van der Waals surface area contributed by atoms with Gasteiger partial charge in [0.25, 0.3) is 5.89 Å². The van der Waals surface area contributed by atoms with Crippen molar-refractivity contribution in [2.75, 3.05) is 10.6 Å². The number of hydrogen-bond acceptors (Lipinski definition) is 5. The molecule has 0 radical (unpaired) electrons. The van der Waals surface area contributed by atoms with Crippen molar-refractivity contribution in [1.82, 2.24) is 10.2 Å². The maximum absolute atomic E-state index is 14.6. The Balaban J connectivity index is 1.90. The molecule has 0 amide bonds. The Morgan fingerprint density at radius 2 is 1.82 bits per heavy atom. The van der Waals surface area contributed by atoms with E-state index in [1.54, 1.807) is 24.3 Å². The second-order valence-corrected chi connectivity index (χ2v) is 8.62. The molecule has 0 bridgehead atoms. The van der Waals surface area contributed by atoms with E-state index in [0.29, 0.717) is 5.69 Å². The van der Waals surface area contributed by atoms with E-state index in [1.807, 2.05) is 0 Å². The third-order valence-electron chi connectivity index (χ3n) is 3.76. The van der Waals surface area contributed by atoms with E-state index < -0.39 is 28.2 Å². The fourth-order valence-electron chi connectivity index (χ4n) is 2.41. The highest BCUT2D eigenvalue weighted by molar-refractivity contribution is 9.10. The Morgan fingerprint density at radius 1 is 1.14 bits per heavy atom. The molecule has 0 N–H and O–H groups in total. The number of nitrogens with zero attached hydrogens (tertiary/aromatic N) is 3. The molecular formula is C17H13BrF3N3O3S. The summed E-state index contributed by atoms with van der Waals surface area (Å²) in [6.07, 6.45) is -1.91. The van der Waals surface area contributed by atoms with Crippen LogP contribution in [-0.4, -0.2) is 24.9 Å². The predicted octanol–water partition coefficient (Wildman–Crippen LogP) is 4.54. The van der Waals surface area contributed by atoms with Gasteiger partial charge in [0, 0.05) is 15.6 Å². The van der Waals surface area contributed by atoms with Crippen LogP contribution in [0.5, 0.6) is 0 Å². The van der Waals surface area contributed by atoms with Crippen molar-refractivity contribution in [3.8, 4) is 11.5 Å². The Bertz CT molecular complexity index is 1090. The number of alkyl halides is 2. The van der Waals surface area contributed by atoms with E-state index in [2.05, 4.69) is 26.1 Å². The summed E-state index contributed by atoms with van der Waals surface area (Å²) in [5, 5.41) is 6.65. The SMILES string of the molecule is CS(=O)(=O)N(Cc1ccc(-c2nnc(C(F)F)o2)cc1F)c1ccc(Br)cc1. The van der Waals surface area contributed by atoms with Crippen molar-refractivity contribution in [1.29, 1.82) is 0 Å². The van der Waals surface area contributed by atoms with Crippen LogP contribution in [-0.2, 0) is 16.6 Å². The van der Waals surface area contributed by atoms with Crippen LogP contribution in [0.25, 0.3) is 11.5 Å². The molecule has 0 aliphatic carbocycles. The summed E-state index contributed by atoms with van der Waals surface area (Å²) in [5.74, 6) is -1.85. The number of rotatable bonds is 6. The first-order chi connectivity index (χ1) is 13.1. The Labute approximate surface area is 167 Å². The van der Waals surface area contributed by atoms with Gasteiger partial charge in [0.1, 0.15) is 5.82 Å². The normalized spacial score (nSPS) is 11.8. The molecule has 0 aliphatic heterocycles. The van der Waals surface area contributed by atoms with E-state index in [4.69, 9.17) is 4.42 Å². The smallest absolute Gasteiger partial charge is 0.314 e. The minimum Gasteiger partial charge on any atom is -0.415 e. The summed E-state index contributed by atoms with van der Waals surface area (Å²) >= 11 is 3.27. The first-order valence-corrected chi connectivity index (χ1v) is 10.4. The highest BCUT2D eigenvalue weighted by atomic mass is 79.9. The molecule has 0 aliphatic rings. The Kier molecular flexibility index (Phi) is 5.75. The van der Waals surface area contributed by atoms with Gasteiger partial charge in [0.05, 0.1) is 18.5 Å². The van der Waals surface area contributed by atoms with Crippen LogP contribution in [0, 0.1) is 5.82 Å². The molecule has 6 nitrogen and oxygen atoms in total. The molecular weight excluding hydrogens is 463 g/mol. The quantitative estimate of drug-likeness (QED) is 0.522. The van der Waals surface area contributed by atoms with Crippen molar-refractivity contribution in [2.45, 2.75) is 13.0 Å². The topological polar surface area (TPSA) is 76.3 Å². The first-order valence-electron chi connectivity index (χ1n) is 7.79. The summed E-state index contributed by atoms with van der Waals surface area (Å²) in [4.78, 5) is 0. The maximum Gasteiger partial charge on any atom is 0.314 e. The van der Waals surface area contributed by atoms with Crippen LogP contribution in [0.4, 0.5) is 18.9 Å². The van der Waals surface area contributed by atoms with Gasteiger partial charge in [-0.1, -0.05) is 22.0 Å². The molecule has 0 fully saturated rings. The van der Waals surface area contributed by atoms with Crippen LogP contribution < -0.4 is 4.31 Å². The van der Waals surface area contributed by atoms with Crippen LogP contribution in [0.15, 0.2) is 51.4 Å². The largest absolute Gasteiger partial charge is 0.415 e. The number of benzene rings is 2. The summed E-state index contributed by atoms with van der Waals surface area (Å²) < 4.78 is 70.6. The van der Waals surface area contributed by atoms with Gasteiger partial charge in [-0.25, -0.2) is 12.8 Å². The first kappa shape index (κ1) is 20.3. The van der Waals surface area contributed by atoms with E-state index in [0.717, 1.165) is 21.1 Å². The zero-order chi connectivity index (χ0) is 20.5. The summed E-state index contributed by atoms with van der Waals surface area (Å²) in [7, 11) is -3.69. The third-order valence-corrected chi connectivity index (χ3v) is 5.43. The zero-order valence-corrected chi connectivity index (χ0v) is 16.7. The van der Waals surface area contributed by atoms with Crippen molar-refractivity contribution >= 4 is 31.6 Å². The molecule has 11 heteroatoms. The predicted molar refractivity (Wildman–Crippen MR) is 99.8 cm³/mol. The lowest BCUT2D eigenvalue weighted by molar-refractivity contribution is 0.116. The zero-order valence-electron chi connectivity index (χ0n) is 14.3. The van der Waals surface area contributed by atoms with Crippen LogP contribution >= 0.6 is 15.9 Å². The molecule has 0 unspecified atom stereocenters. The van der Waals surface area contributed by atoms with Crippen molar-refractivity contribution in [2.24, 2.45) is 0 Å². The summed E-state index contributed by atoms with van der Waals surface area (Å²) in [6, 6.07) is 10.3. The number of halogens is 4. The van der Waals surface area contributed by atoms with Gasteiger partial charge < -0.3 is 4.42 Å². The van der Waals surface area contributed by atoms with Crippen molar-refractivity contribution in [3.63, 3.8) is 0 Å². The minimum atomic E-state index is -3.69. The van der Waals surface area contributed by atoms with Gasteiger partial charge in [-0.3, -0.25) is 4.31 Å². The van der Waals surface area contributed by atoms with Gasteiger partial charge in [0.15, 0.2) is 0 Å². The van der Waals surface area contributed by atoms with Gasteiger partial charge in [-0.2, -0.15) is 8.78 Å². The fourth-order valence-corrected chi connectivity index (χ4v) is 3.55. The molecule has 0 saturated carbocycles. The monoisotopic (exact) mass is 475 g/mol. The number of aromatic nitrogens is 2. The molecule has 0 spiro atoms. The van der Waals surface area contributed by atoms with Crippen LogP contribution in [0.2, 0.25) is 0 Å². The van der Waals surface area contributed by atoms with Crippen molar-refractivity contribution in [3.05, 3.63) is 64.2 Å². The Hall–Kier alpha value is -2.40. The van der Waals surface area contributed by atoms with Crippen LogP contribution in [0.3, 0.4) is 0 Å². The van der Waals surface area contributed by atoms with E-state index >= 15 is 0 Å². The summed E-state index contributed by atoms with van der Waals surface area (Å²) in [5.41, 5.74) is 0.563. The molecule has 1 aromatic heterocycles. The average Bonchev–Trinajstić information content (AvgIpc) is 3.11. The molecule has 0 atom stereocenters. The van der Waals surface area contributed by atoms with Gasteiger partial charge in [0.2, 0.25) is 15.9 Å². The molecule has 28 heavy (non-hydrogen) atoms. The lowest BCUT2D eigenvalue weighted by atomic mass is 10.1. The second-order valence-electron chi connectivity index (χ2n) is 5.80. The lowest BCUT2D eigenvalue weighted by Crippen LogP contribution is -2.29. The summed E-state index contributed by atoms with van der Waals surface area (Å²) in [6.45, 7) is -0.251. The molecule has 2 aromatic carbocycles. The minimum absolute atomic E-state index is 0.0886. The van der Waals surface area contributed by atoms with Gasteiger partial charge in [-0.15, -0.1) is 10.2 Å². The highest BCUT2D eigenvalue weighted by Crippen LogP contribution is 2.27. The third kappa shape index (κ3) is 4.53. The number of sulfonamides is 1. The van der Waals surface area contributed by atoms with Crippen LogP contribution in [0.1, 0.15) is 17.9 Å². The van der Waals surface area contributed by atoms with E-state index in [1.165, 1.54) is 12.1 Å². The molecule has 0 saturated heterocycles. The second kappa shape index (κ2) is 7.92. The standard InChI is InChI=1S/C17H13BrF3N3O3S/c1-28(25,26)24(13-6-4-12(18)5-7-13)9-11-3-2-10(8-14(11)19)16-22-23-17(27-16)15(20)21/h2-8,15H,9H2,1H3. The van der Waals surface area contributed by atoms with Gasteiger partial charge in [-0.05, 0) is 36.4 Å². The maximum atomic E-state index is 14.6. The highest BCUT2D eigenvalue weighted by Gasteiger charge is 2.21. The Morgan fingerprint density at radius 3 is 2.36 bits per heavy atom. The molecule has 1 heterocycles. The average molecular weight is 476 g/mol. The lowest BCUT2D eigenvalue weighted by Gasteiger charge is -2.23. The van der Waals surface area contributed by atoms with E-state index in [9.17, 15) is 21.6 Å².